The molecule has 0 amide bonds. The smallest absolute Gasteiger partial charge is 0.347 e. The Balaban J connectivity index is 2.47. The molecule has 1 saturated heterocycles. The van der Waals surface area contributed by atoms with E-state index in [1.807, 2.05) is 14.0 Å². The molecule has 8 heteroatoms. The quantitative estimate of drug-likeness (QED) is 0.907. The zero-order valence-corrected chi connectivity index (χ0v) is 14.0. The predicted octanol–water partition coefficient (Wildman–Crippen LogP) is 1.47. The lowest BCUT2D eigenvalue weighted by atomic mass is 10.3. The molecular formula is C13H20N2O4S2. The first-order valence-corrected chi connectivity index (χ1v) is 9.09. The number of aryl methyl sites for hydroxylation is 1. The highest BCUT2D eigenvalue weighted by Crippen LogP contribution is 2.31. The Hall–Kier alpha value is -0.960. The number of carboxylic acid groups (broad SMARTS) is 1. The fourth-order valence-electron chi connectivity index (χ4n) is 2.73. The van der Waals surface area contributed by atoms with Crippen molar-refractivity contribution in [3.63, 3.8) is 0 Å². The number of carboxylic acids is 1. The first-order chi connectivity index (χ1) is 9.75. The fraction of sp³-hybridized carbons (Fsp3) is 0.615. The number of likely N-dealkylation sites (N-methyl/N-ethyl adjacent to an activating group) is 1. The lowest BCUT2D eigenvalue weighted by molar-refractivity contribution is 0.0698. The zero-order chi connectivity index (χ0) is 15.8. The van der Waals surface area contributed by atoms with Crippen LogP contribution in [0.3, 0.4) is 0 Å². The van der Waals surface area contributed by atoms with Crippen LogP contribution in [0, 0.1) is 6.92 Å². The van der Waals surface area contributed by atoms with E-state index in [4.69, 9.17) is 0 Å². The van der Waals surface area contributed by atoms with Gasteiger partial charge in [0.2, 0.25) is 10.0 Å². The summed E-state index contributed by atoms with van der Waals surface area (Å²) in [6, 6.07) is -0.177. The van der Waals surface area contributed by atoms with Crippen LogP contribution < -0.4 is 0 Å². The molecule has 1 aromatic rings. The second-order valence-corrected chi connectivity index (χ2v) is 8.17. The molecule has 2 heterocycles. The third-order valence-electron chi connectivity index (χ3n) is 3.66. The first kappa shape index (κ1) is 16.4. The second-order valence-electron chi connectivity index (χ2n) is 5.46. The molecular weight excluding hydrogens is 312 g/mol. The van der Waals surface area contributed by atoms with Crippen molar-refractivity contribution in [2.24, 2.45) is 0 Å². The van der Waals surface area contributed by atoms with Gasteiger partial charge in [-0.15, -0.1) is 11.3 Å². The summed E-state index contributed by atoms with van der Waals surface area (Å²) in [5.74, 6) is -1.19. The van der Waals surface area contributed by atoms with Crippen molar-refractivity contribution < 1.29 is 18.3 Å². The third-order valence-corrected chi connectivity index (χ3v) is 7.08. The molecule has 0 aromatic carbocycles. The summed E-state index contributed by atoms with van der Waals surface area (Å²) >= 11 is 0.966. The number of carbonyl (C=O) groups is 1. The number of sulfonamides is 1. The second kappa shape index (κ2) is 6.04. The van der Waals surface area contributed by atoms with Crippen molar-refractivity contribution in [2.75, 3.05) is 26.7 Å². The van der Waals surface area contributed by atoms with Gasteiger partial charge in [0.25, 0.3) is 0 Å². The fourth-order valence-corrected chi connectivity index (χ4v) is 5.97. The van der Waals surface area contributed by atoms with Crippen molar-refractivity contribution in [3.8, 4) is 0 Å². The monoisotopic (exact) mass is 332 g/mol. The van der Waals surface area contributed by atoms with Crippen molar-refractivity contribution in [2.45, 2.75) is 31.2 Å². The van der Waals surface area contributed by atoms with Crippen molar-refractivity contribution in [3.05, 3.63) is 15.8 Å². The van der Waals surface area contributed by atoms with E-state index in [-0.39, 0.29) is 15.8 Å². The summed E-state index contributed by atoms with van der Waals surface area (Å²) < 4.78 is 27.3. The molecule has 1 N–H and O–H groups in total. The van der Waals surface area contributed by atoms with Gasteiger partial charge in [-0.2, -0.15) is 4.31 Å². The summed E-state index contributed by atoms with van der Waals surface area (Å²) in [5, 5.41) is 10.8. The maximum atomic E-state index is 12.9. The molecule has 0 saturated carbocycles. The van der Waals surface area contributed by atoms with Gasteiger partial charge >= 0.3 is 5.97 Å². The molecule has 1 aliphatic rings. The minimum atomic E-state index is -3.78. The van der Waals surface area contributed by atoms with Gasteiger partial charge in [-0.3, -0.25) is 0 Å². The lowest BCUT2D eigenvalue weighted by Gasteiger charge is -2.27. The zero-order valence-electron chi connectivity index (χ0n) is 12.4. The average molecular weight is 332 g/mol. The van der Waals surface area contributed by atoms with Gasteiger partial charge in [0.05, 0.1) is 0 Å². The molecule has 1 fully saturated rings. The van der Waals surface area contributed by atoms with Gasteiger partial charge in [-0.05, 0) is 44.8 Å². The number of hydrogen-bond donors (Lipinski definition) is 1. The van der Waals surface area contributed by atoms with Gasteiger partial charge in [0, 0.05) is 19.1 Å². The standard InChI is InChI=1S/C13H20N2O4S2/c1-9-8-20-11(13(16)17)12(9)21(18,19)15-6-4-5-14(3)7-10(15)2/h8,10H,4-7H2,1-3H3,(H,16,17). The Morgan fingerprint density at radius 2 is 2.10 bits per heavy atom. The molecule has 0 aliphatic carbocycles. The number of thiophene rings is 1. The highest BCUT2D eigenvalue weighted by atomic mass is 32.2. The van der Waals surface area contributed by atoms with Crippen LogP contribution in [-0.2, 0) is 10.0 Å². The van der Waals surface area contributed by atoms with E-state index in [1.165, 1.54) is 4.31 Å². The maximum absolute atomic E-state index is 12.9. The van der Waals surface area contributed by atoms with Crippen molar-refractivity contribution in [1.29, 1.82) is 0 Å². The number of nitrogens with zero attached hydrogens (tertiary/aromatic N) is 2. The number of hydrogen-bond acceptors (Lipinski definition) is 5. The molecule has 1 aliphatic heterocycles. The summed E-state index contributed by atoms with van der Waals surface area (Å²) in [7, 11) is -1.82. The Bertz CT molecular complexity index is 639. The Labute approximate surface area is 129 Å². The van der Waals surface area contributed by atoms with Gasteiger partial charge in [0.1, 0.15) is 9.77 Å². The van der Waals surface area contributed by atoms with Gasteiger partial charge in [-0.25, -0.2) is 13.2 Å². The van der Waals surface area contributed by atoms with Gasteiger partial charge in [0.15, 0.2) is 0 Å². The van der Waals surface area contributed by atoms with Crippen LogP contribution in [0.4, 0.5) is 0 Å². The largest absolute Gasteiger partial charge is 0.477 e. The predicted molar refractivity (Wildman–Crippen MR) is 81.5 cm³/mol. The molecule has 21 heavy (non-hydrogen) atoms. The minimum absolute atomic E-state index is 0.0450. The highest BCUT2D eigenvalue weighted by Gasteiger charge is 2.36. The van der Waals surface area contributed by atoms with Crippen LogP contribution in [-0.4, -0.2) is 61.4 Å². The molecule has 1 atom stereocenters. The molecule has 1 unspecified atom stereocenters. The first-order valence-electron chi connectivity index (χ1n) is 6.77. The van der Waals surface area contributed by atoms with E-state index >= 15 is 0 Å². The van der Waals surface area contributed by atoms with Crippen LogP contribution in [0.5, 0.6) is 0 Å². The normalized spacial score (nSPS) is 22.1. The average Bonchev–Trinajstić information content (AvgIpc) is 2.68. The Morgan fingerprint density at radius 3 is 2.71 bits per heavy atom. The molecule has 118 valence electrons. The van der Waals surface area contributed by atoms with E-state index < -0.39 is 16.0 Å². The van der Waals surface area contributed by atoms with E-state index in [0.29, 0.717) is 18.7 Å². The van der Waals surface area contributed by atoms with E-state index in [9.17, 15) is 18.3 Å². The topological polar surface area (TPSA) is 77.9 Å². The molecule has 0 radical (unpaired) electrons. The van der Waals surface area contributed by atoms with Crippen LogP contribution >= 0.6 is 11.3 Å². The van der Waals surface area contributed by atoms with Crippen LogP contribution in [0.1, 0.15) is 28.6 Å². The maximum Gasteiger partial charge on any atom is 0.347 e. The molecule has 1 aromatic heterocycles. The lowest BCUT2D eigenvalue weighted by Crippen LogP contribution is -2.42. The van der Waals surface area contributed by atoms with E-state index in [2.05, 4.69) is 4.90 Å². The van der Waals surface area contributed by atoms with Crippen LogP contribution in [0.2, 0.25) is 0 Å². The third kappa shape index (κ3) is 3.13. The summed E-state index contributed by atoms with van der Waals surface area (Å²) in [5.41, 5.74) is 0.502. The van der Waals surface area contributed by atoms with Crippen LogP contribution in [0.25, 0.3) is 0 Å². The van der Waals surface area contributed by atoms with Crippen LogP contribution in [0.15, 0.2) is 10.3 Å². The highest BCUT2D eigenvalue weighted by molar-refractivity contribution is 7.89. The molecule has 2 rings (SSSR count). The molecule has 0 spiro atoms. The van der Waals surface area contributed by atoms with Gasteiger partial charge in [-0.1, -0.05) is 0 Å². The molecule has 6 nitrogen and oxygen atoms in total. The number of aromatic carboxylic acids is 1. The summed E-state index contributed by atoms with van der Waals surface area (Å²) in [6.45, 7) is 5.41. The van der Waals surface area contributed by atoms with Crippen molar-refractivity contribution in [1.82, 2.24) is 9.21 Å². The van der Waals surface area contributed by atoms with E-state index in [0.717, 1.165) is 24.3 Å². The summed E-state index contributed by atoms with van der Waals surface area (Å²) in [4.78, 5) is 13.2. The number of rotatable bonds is 3. The molecule has 0 bridgehead atoms. The Kier molecular flexibility index (Phi) is 4.72. The van der Waals surface area contributed by atoms with Gasteiger partial charge < -0.3 is 10.0 Å². The Morgan fingerprint density at radius 1 is 1.43 bits per heavy atom. The minimum Gasteiger partial charge on any atom is -0.477 e. The van der Waals surface area contributed by atoms with E-state index in [1.54, 1.807) is 12.3 Å². The summed E-state index contributed by atoms with van der Waals surface area (Å²) in [6.07, 6.45) is 0.742. The van der Waals surface area contributed by atoms with Crippen molar-refractivity contribution >= 4 is 27.3 Å². The SMILES string of the molecule is Cc1csc(C(=O)O)c1S(=O)(=O)N1CCCN(C)CC1C.